The zero-order valence-corrected chi connectivity index (χ0v) is 16.8. The molecular weight excluding hydrogens is 405 g/mol. The number of nitrogens with zero attached hydrogens (tertiary/aromatic N) is 2. The molecule has 0 spiro atoms. The number of para-hydroxylation sites is 1. The molecule has 0 saturated carbocycles. The molecule has 4 rings (SSSR count). The first-order valence-electron chi connectivity index (χ1n) is 9.54. The number of benzene rings is 2. The Hall–Kier alpha value is -3.26. The Morgan fingerprint density at radius 1 is 1.10 bits per heavy atom. The number of pyridine rings is 1. The molecule has 1 saturated heterocycles. The van der Waals surface area contributed by atoms with Crippen molar-refractivity contribution < 1.29 is 17.6 Å². The van der Waals surface area contributed by atoms with Crippen LogP contribution >= 0.6 is 0 Å². The number of hydrogen-bond acceptors (Lipinski definition) is 4. The number of anilines is 1. The van der Waals surface area contributed by atoms with Gasteiger partial charge in [-0.15, -0.1) is 0 Å². The van der Waals surface area contributed by atoms with Crippen LogP contribution in [0.25, 0.3) is 0 Å². The van der Waals surface area contributed by atoms with Gasteiger partial charge in [-0.05, 0) is 54.8 Å². The summed E-state index contributed by atoms with van der Waals surface area (Å²) in [6, 6.07) is 15.0. The van der Waals surface area contributed by atoms with Crippen molar-refractivity contribution in [1.29, 1.82) is 0 Å². The Balaban J connectivity index is 1.60. The molecule has 1 aliphatic rings. The highest BCUT2D eigenvalue weighted by Gasteiger charge is 2.31. The number of hydrogen-bond donors (Lipinski definition) is 1. The number of nitrogens with one attached hydrogen (secondary N) is 1. The van der Waals surface area contributed by atoms with Crippen molar-refractivity contribution in [1.82, 2.24) is 9.88 Å². The van der Waals surface area contributed by atoms with Crippen molar-refractivity contribution in [3.05, 3.63) is 90.0 Å². The molecule has 2 heterocycles. The average Bonchev–Trinajstić information content (AvgIpc) is 3.25. The lowest BCUT2D eigenvalue weighted by atomic mass is 10.1. The predicted octanol–water partition coefficient (Wildman–Crippen LogP) is 4.00. The van der Waals surface area contributed by atoms with E-state index in [1.54, 1.807) is 23.4 Å². The molecule has 1 atom stereocenters. The second kappa shape index (κ2) is 8.23. The molecule has 0 aliphatic carbocycles. The summed E-state index contributed by atoms with van der Waals surface area (Å²) in [5.41, 5.74) is 1.07. The molecule has 1 N–H and O–H groups in total. The van der Waals surface area contributed by atoms with Gasteiger partial charge in [0.15, 0.2) is 0 Å². The van der Waals surface area contributed by atoms with Gasteiger partial charge in [-0.1, -0.05) is 24.3 Å². The summed E-state index contributed by atoms with van der Waals surface area (Å²) in [4.78, 5) is 18.9. The number of amides is 1. The second-order valence-electron chi connectivity index (χ2n) is 7.06. The summed E-state index contributed by atoms with van der Waals surface area (Å²) < 4.78 is 41.5. The molecular formula is C22H20FN3O3S. The summed E-state index contributed by atoms with van der Waals surface area (Å²) >= 11 is 0. The second-order valence-corrected chi connectivity index (χ2v) is 8.74. The van der Waals surface area contributed by atoms with Gasteiger partial charge in [0.2, 0.25) is 0 Å². The van der Waals surface area contributed by atoms with Crippen LogP contribution in [0.4, 0.5) is 10.1 Å². The Kier molecular flexibility index (Phi) is 5.50. The highest BCUT2D eigenvalue weighted by Crippen LogP contribution is 2.33. The Bertz CT molecular complexity index is 1170. The van der Waals surface area contributed by atoms with Gasteiger partial charge in [0.05, 0.1) is 16.6 Å². The van der Waals surface area contributed by atoms with E-state index in [2.05, 4.69) is 9.71 Å². The van der Waals surface area contributed by atoms with Crippen LogP contribution in [0.1, 0.15) is 34.8 Å². The first-order valence-corrected chi connectivity index (χ1v) is 11.0. The van der Waals surface area contributed by atoms with Crippen LogP contribution in [0, 0.1) is 5.82 Å². The van der Waals surface area contributed by atoms with Gasteiger partial charge < -0.3 is 4.90 Å². The van der Waals surface area contributed by atoms with Crippen LogP contribution in [0.3, 0.4) is 0 Å². The van der Waals surface area contributed by atoms with Crippen molar-refractivity contribution in [2.24, 2.45) is 0 Å². The van der Waals surface area contributed by atoms with E-state index in [9.17, 15) is 17.6 Å². The molecule has 1 aromatic heterocycles. The molecule has 8 heteroatoms. The smallest absolute Gasteiger partial charge is 0.262 e. The zero-order chi connectivity index (χ0) is 21.1. The van der Waals surface area contributed by atoms with E-state index in [4.69, 9.17) is 0 Å². The fourth-order valence-electron chi connectivity index (χ4n) is 3.64. The molecule has 30 heavy (non-hydrogen) atoms. The molecule has 0 radical (unpaired) electrons. The summed E-state index contributed by atoms with van der Waals surface area (Å²) in [5, 5.41) is 0. The van der Waals surface area contributed by atoms with Crippen molar-refractivity contribution in [3.63, 3.8) is 0 Å². The number of sulfonamides is 1. The van der Waals surface area contributed by atoms with Crippen LogP contribution in [0.2, 0.25) is 0 Å². The molecule has 154 valence electrons. The first-order chi connectivity index (χ1) is 14.5. The van der Waals surface area contributed by atoms with E-state index in [0.717, 1.165) is 18.4 Å². The lowest BCUT2D eigenvalue weighted by molar-refractivity contribution is 0.0735. The van der Waals surface area contributed by atoms with Gasteiger partial charge in [0, 0.05) is 24.5 Å². The van der Waals surface area contributed by atoms with Crippen molar-refractivity contribution >= 4 is 21.6 Å². The quantitative estimate of drug-likeness (QED) is 0.670. The highest BCUT2D eigenvalue weighted by atomic mass is 32.2. The standard InChI is InChI=1S/C22H20FN3O3S/c23-19-9-1-2-10-20(19)25-30(28,29)18-8-3-6-16(14-18)22(27)26-13-5-11-21(26)17-7-4-12-24-15-17/h1-4,6-10,12,14-15,21,25H,5,11,13H2/t21-/m1/s1. The fourth-order valence-corrected chi connectivity index (χ4v) is 4.75. The number of halogens is 1. The monoisotopic (exact) mass is 425 g/mol. The number of rotatable bonds is 5. The first kappa shape index (κ1) is 20.0. The topological polar surface area (TPSA) is 79.4 Å². The van der Waals surface area contributed by atoms with Crippen LogP contribution in [0.15, 0.2) is 78.0 Å². The molecule has 1 aliphatic heterocycles. The third kappa shape index (κ3) is 4.04. The van der Waals surface area contributed by atoms with Crippen LogP contribution in [0.5, 0.6) is 0 Å². The van der Waals surface area contributed by atoms with Crippen molar-refractivity contribution in [2.75, 3.05) is 11.3 Å². The van der Waals surface area contributed by atoms with Gasteiger partial charge in [0.1, 0.15) is 5.82 Å². The maximum absolute atomic E-state index is 13.9. The Morgan fingerprint density at radius 3 is 2.70 bits per heavy atom. The predicted molar refractivity (Wildman–Crippen MR) is 111 cm³/mol. The maximum Gasteiger partial charge on any atom is 0.262 e. The summed E-state index contributed by atoms with van der Waals surface area (Å²) in [5.74, 6) is -0.922. The van der Waals surface area contributed by atoms with Gasteiger partial charge in [-0.3, -0.25) is 14.5 Å². The highest BCUT2D eigenvalue weighted by molar-refractivity contribution is 7.92. The van der Waals surface area contributed by atoms with Gasteiger partial charge in [-0.25, -0.2) is 12.8 Å². The largest absolute Gasteiger partial charge is 0.332 e. The summed E-state index contributed by atoms with van der Waals surface area (Å²) in [7, 11) is -4.05. The minimum absolute atomic E-state index is 0.0944. The molecule has 1 amide bonds. The molecule has 3 aromatic rings. The van der Waals surface area contributed by atoms with Gasteiger partial charge in [-0.2, -0.15) is 0 Å². The normalized spacial score (nSPS) is 16.4. The zero-order valence-electron chi connectivity index (χ0n) is 16.0. The van der Waals surface area contributed by atoms with Crippen LogP contribution in [-0.4, -0.2) is 30.8 Å². The summed E-state index contributed by atoms with van der Waals surface area (Å²) in [6.07, 6.45) is 5.11. The minimum Gasteiger partial charge on any atom is -0.332 e. The third-order valence-electron chi connectivity index (χ3n) is 5.09. The fraction of sp³-hybridized carbons (Fsp3) is 0.182. The number of aromatic nitrogens is 1. The van der Waals surface area contributed by atoms with Crippen molar-refractivity contribution in [2.45, 2.75) is 23.8 Å². The maximum atomic E-state index is 13.9. The van der Waals surface area contributed by atoms with E-state index in [1.165, 1.54) is 42.5 Å². The van der Waals surface area contributed by atoms with E-state index in [1.807, 2.05) is 12.1 Å². The number of carbonyl (C=O) groups excluding carboxylic acids is 1. The SMILES string of the molecule is O=C(c1cccc(S(=O)(=O)Nc2ccccc2F)c1)N1CCC[C@@H]1c1cccnc1. The van der Waals surface area contributed by atoms with Gasteiger partial charge >= 0.3 is 0 Å². The van der Waals surface area contributed by atoms with E-state index in [0.29, 0.717) is 6.54 Å². The Labute approximate surface area is 174 Å². The van der Waals surface area contributed by atoms with Gasteiger partial charge in [0.25, 0.3) is 15.9 Å². The van der Waals surface area contributed by atoms with E-state index in [-0.39, 0.29) is 28.1 Å². The molecule has 0 unspecified atom stereocenters. The number of carbonyl (C=O) groups is 1. The van der Waals surface area contributed by atoms with E-state index < -0.39 is 15.8 Å². The van der Waals surface area contributed by atoms with Crippen LogP contribution < -0.4 is 4.72 Å². The average molecular weight is 425 g/mol. The van der Waals surface area contributed by atoms with Crippen molar-refractivity contribution in [3.8, 4) is 0 Å². The molecule has 0 bridgehead atoms. The molecule has 2 aromatic carbocycles. The molecule has 1 fully saturated rings. The third-order valence-corrected chi connectivity index (χ3v) is 6.46. The molecule has 6 nitrogen and oxygen atoms in total. The summed E-state index contributed by atoms with van der Waals surface area (Å²) in [6.45, 7) is 0.586. The lowest BCUT2D eigenvalue weighted by Gasteiger charge is -2.25. The number of likely N-dealkylation sites (tertiary alicyclic amines) is 1. The Morgan fingerprint density at radius 2 is 1.93 bits per heavy atom. The van der Waals surface area contributed by atoms with E-state index >= 15 is 0 Å². The minimum atomic E-state index is -4.05. The lowest BCUT2D eigenvalue weighted by Crippen LogP contribution is -2.30. The van der Waals surface area contributed by atoms with Crippen LogP contribution in [-0.2, 0) is 10.0 Å².